The van der Waals surface area contributed by atoms with E-state index >= 15 is 9.13 Å². The highest BCUT2D eigenvalue weighted by Crippen LogP contribution is 2.59. The van der Waals surface area contributed by atoms with Crippen molar-refractivity contribution in [3.8, 4) is 12.1 Å². The quantitative estimate of drug-likeness (QED) is 0.0517. The van der Waals surface area contributed by atoms with E-state index in [0.29, 0.717) is 11.1 Å². The summed E-state index contributed by atoms with van der Waals surface area (Å²) in [5.41, 5.74) is 1.52. The van der Waals surface area contributed by atoms with Crippen LogP contribution in [0.25, 0.3) is 22.3 Å². The number of carbonyl (C=O) groups is 2. The molecule has 0 spiro atoms. The average molecular weight is 1200 g/mol. The van der Waals surface area contributed by atoms with Gasteiger partial charge < -0.3 is 29.0 Å². The fourth-order valence-electron chi connectivity index (χ4n) is 8.70. The van der Waals surface area contributed by atoms with Gasteiger partial charge in [0.25, 0.3) is 11.8 Å². The highest BCUT2D eigenvalue weighted by Gasteiger charge is 2.59. The molecule has 30 heteroatoms. The smallest absolute Gasteiger partial charge is 0.407 e. The van der Waals surface area contributed by atoms with Crippen LogP contribution in [0.4, 0.5) is 11.6 Å². The van der Waals surface area contributed by atoms with Crippen molar-refractivity contribution >= 4 is 78.1 Å². The second kappa shape index (κ2) is 24.3. The number of nitrogens with one attached hydrogen (secondary N) is 2. The molecular weight excluding hydrogens is 1130 g/mol. The van der Waals surface area contributed by atoms with Crippen molar-refractivity contribution < 1.29 is 64.2 Å². The summed E-state index contributed by atoms with van der Waals surface area (Å²) in [7, 11) is -15.6. The van der Waals surface area contributed by atoms with Gasteiger partial charge in [0.1, 0.15) is 49.3 Å². The number of hydrogen-bond donors (Lipinski definition) is 2. The summed E-state index contributed by atoms with van der Waals surface area (Å²) >= 11 is 0. The molecule has 0 saturated carbocycles. The molecule has 0 bridgehead atoms. The lowest BCUT2D eigenvalue weighted by molar-refractivity contribution is -0.0703. The predicted molar refractivity (Wildman–Crippen MR) is 301 cm³/mol. The van der Waals surface area contributed by atoms with Gasteiger partial charge in [-0.1, -0.05) is 77.9 Å². The highest BCUT2D eigenvalue weighted by atomic mass is 31.2. The minimum absolute atomic E-state index is 0.0948. The molecule has 9 rings (SSSR count). The molecule has 26 nitrogen and oxygen atoms in total. The van der Waals surface area contributed by atoms with E-state index < -0.39 is 130 Å². The Kier molecular flexibility index (Phi) is 17.9. The molecule has 3 aliphatic heterocycles. The van der Waals surface area contributed by atoms with Crippen molar-refractivity contribution in [1.29, 1.82) is 10.5 Å². The number of amides is 2. The Balaban J connectivity index is 1.13. The fourth-order valence-corrected chi connectivity index (χ4v) is 14.1. The lowest BCUT2D eigenvalue weighted by atomic mass is 10.1. The number of nitriles is 2. The van der Waals surface area contributed by atoms with Gasteiger partial charge in [0.05, 0.1) is 64.1 Å². The molecule has 0 radical (unpaired) electrons. The third-order valence-corrected chi connectivity index (χ3v) is 26.9. The lowest BCUT2D eigenvalue weighted by Gasteiger charge is -2.41. The molecule has 2 N–H and O–H groups in total. The molecule has 7 heterocycles. The van der Waals surface area contributed by atoms with Crippen molar-refractivity contribution in [2.24, 2.45) is 0 Å². The minimum Gasteiger partial charge on any atom is -0.407 e. The topological polar surface area (TPSA) is 319 Å². The van der Waals surface area contributed by atoms with Crippen LogP contribution in [0.5, 0.6) is 0 Å². The van der Waals surface area contributed by atoms with Crippen LogP contribution in [-0.2, 0) is 54.6 Å². The van der Waals surface area contributed by atoms with Gasteiger partial charge in [0.15, 0.2) is 63.1 Å². The molecule has 0 aliphatic carbocycles. The zero-order valence-corrected chi connectivity index (χ0v) is 50.8. The molecule has 3 aliphatic rings. The normalized spacial score (nSPS) is 26.4. The van der Waals surface area contributed by atoms with E-state index in [-0.39, 0.29) is 46.8 Å². The molecule has 3 saturated heterocycles. The van der Waals surface area contributed by atoms with Gasteiger partial charge in [-0.25, -0.2) is 39.0 Å². The number of hydrogen-bond acceptors (Lipinski definition) is 22. The van der Waals surface area contributed by atoms with E-state index in [2.05, 4.69) is 40.5 Å². The zero-order valence-electron chi connectivity index (χ0n) is 47.0. The number of carbonyl (C=O) groups excluding carboxylic acids is 2. The van der Waals surface area contributed by atoms with Gasteiger partial charge >= 0.3 is 15.6 Å². The first-order valence-electron chi connectivity index (χ1n) is 26.5. The number of rotatable bonds is 16. The van der Waals surface area contributed by atoms with Gasteiger partial charge in [-0.15, -0.1) is 0 Å². The van der Waals surface area contributed by atoms with Gasteiger partial charge in [-0.05, 0) is 60.5 Å². The highest BCUT2D eigenvalue weighted by molar-refractivity contribution is 7.48. The Hall–Kier alpha value is -6.05. The molecule has 4 aromatic heterocycles. The fraction of sp³-hybridized carbons (Fsp3) is 0.500. The second-order valence-corrected chi connectivity index (χ2v) is 35.4. The molecular formula is C52H66N12O14P2Si2. The van der Waals surface area contributed by atoms with E-state index in [1.54, 1.807) is 69.8 Å². The molecule has 82 heavy (non-hydrogen) atoms. The number of phosphoric acid groups is 2. The Morgan fingerprint density at radius 3 is 1.35 bits per heavy atom. The summed E-state index contributed by atoms with van der Waals surface area (Å²) in [5.74, 6) is -0.703. The van der Waals surface area contributed by atoms with E-state index in [4.69, 9.17) is 45.5 Å². The number of fused-ring (bicyclic) bond motifs is 4. The van der Waals surface area contributed by atoms with Crippen molar-refractivity contribution in [3.05, 3.63) is 97.1 Å². The first-order valence-corrected chi connectivity index (χ1v) is 35.2. The first-order chi connectivity index (χ1) is 38.8. The van der Waals surface area contributed by atoms with E-state index in [1.807, 2.05) is 79.9 Å². The standard InChI is InChI=1S/C52H66N12O14P2Si2/c1-51(2,3)81(7,8)77-41-39-35(73-49(41)63-31-59-37-43(55-29-57-45(37)63)61-47(65)33-19-13-11-14-20-33)27-71-80(68,70-26-18-24-54)76-40-36(28-72-79(67,75-39)69-25-17-23-53)74-50(42(40)78-82(9,10)52(4,5)6)64-32-60-38-44(56-30-58-46(38)64)62-48(66)34-21-15-12-16-22-34/h11-16,19-22,29-32,35-36,39-42,49-50H,17-18,25-28H2,1-10H3,(H,55,57,61,65)(H,56,58,62,66)/t35-,36+,39-,40+,41-,42+,49-,50+,79?,80?. The lowest BCUT2D eigenvalue weighted by Crippen LogP contribution is -2.50. The monoisotopic (exact) mass is 1200 g/mol. The number of ether oxygens (including phenoxy) is 2. The van der Waals surface area contributed by atoms with Crippen LogP contribution in [-0.4, -0.2) is 131 Å². The predicted octanol–water partition coefficient (Wildman–Crippen LogP) is 9.64. The molecule has 2 amide bonds. The van der Waals surface area contributed by atoms with Gasteiger partial charge in [-0.3, -0.25) is 45.9 Å². The number of phosphoric ester groups is 2. The van der Waals surface area contributed by atoms with E-state index in [0.717, 1.165) is 0 Å². The van der Waals surface area contributed by atoms with Crippen molar-refractivity contribution in [1.82, 2.24) is 39.0 Å². The molecule has 6 aromatic rings. The Morgan fingerprint density at radius 2 is 1.00 bits per heavy atom. The maximum atomic E-state index is 15.6. The number of anilines is 2. The molecule has 2 unspecified atom stereocenters. The maximum absolute atomic E-state index is 15.6. The summed E-state index contributed by atoms with van der Waals surface area (Å²) in [4.78, 5) is 53.8. The maximum Gasteiger partial charge on any atom is 0.475 e. The summed E-state index contributed by atoms with van der Waals surface area (Å²) < 4.78 is 100. The number of imidazole rings is 2. The van der Waals surface area contributed by atoms with Gasteiger partial charge in [0, 0.05) is 11.1 Å². The van der Waals surface area contributed by atoms with Crippen LogP contribution in [0.3, 0.4) is 0 Å². The van der Waals surface area contributed by atoms with Crippen LogP contribution in [0.1, 0.15) is 87.6 Å². The van der Waals surface area contributed by atoms with Crippen LogP contribution in [0, 0.1) is 22.7 Å². The van der Waals surface area contributed by atoms with Gasteiger partial charge in [-0.2, -0.15) is 10.5 Å². The molecule has 10 atom stereocenters. The largest absolute Gasteiger partial charge is 0.475 e. The third kappa shape index (κ3) is 13.0. The van der Waals surface area contributed by atoms with Crippen LogP contribution in [0.15, 0.2) is 86.0 Å². The molecule has 2 aromatic carbocycles. The van der Waals surface area contributed by atoms with Crippen molar-refractivity contribution in [2.45, 2.75) is 140 Å². The molecule has 3 fully saturated rings. The van der Waals surface area contributed by atoms with Crippen molar-refractivity contribution in [3.63, 3.8) is 0 Å². The second-order valence-electron chi connectivity index (χ2n) is 22.7. The Labute approximate surface area is 476 Å². The zero-order chi connectivity index (χ0) is 58.8. The SMILES string of the molecule is CC(C)(C)[Si](C)(C)O[C@@H]1[C@@H]2OP(=O)(OCCC#N)OC[C@@H]3O[C@H](n4cnc5c(NC(=O)c6ccccc6)ncnc54)[C@@H](O[Si](C)(C)C(C)(C)C)[C@H]3OP(=O)(OCCC#N)OC[C@H]2O[C@H]1n1cnc2c(NC(=O)c3ccccc3)ncnc21. The van der Waals surface area contributed by atoms with Gasteiger partial charge in [0.2, 0.25) is 0 Å². The first kappa shape index (κ1) is 60.5. The summed E-state index contributed by atoms with van der Waals surface area (Å²) in [6, 6.07) is 21.1. The summed E-state index contributed by atoms with van der Waals surface area (Å²) in [6.07, 6.45) is -5.61. The van der Waals surface area contributed by atoms with Crippen molar-refractivity contribution in [2.75, 3.05) is 37.1 Å². The molecule has 436 valence electrons. The summed E-state index contributed by atoms with van der Waals surface area (Å²) in [5, 5.41) is 24.1. The Morgan fingerprint density at radius 1 is 0.622 bits per heavy atom. The third-order valence-electron chi connectivity index (χ3n) is 15.1. The average Bonchev–Trinajstić information content (AvgIpc) is 4.35. The van der Waals surface area contributed by atoms with E-state index in [9.17, 15) is 20.1 Å². The summed E-state index contributed by atoms with van der Waals surface area (Å²) in [6.45, 7) is 18.0. The van der Waals surface area contributed by atoms with Crippen LogP contribution >= 0.6 is 15.6 Å². The number of nitrogens with zero attached hydrogens (tertiary/aromatic N) is 10. The Bertz CT molecular complexity index is 3240. The number of benzene rings is 2. The minimum atomic E-state index is -4.90. The van der Waals surface area contributed by atoms with Crippen LogP contribution in [0.2, 0.25) is 36.3 Å². The van der Waals surface area contributed by atoms with E-state index in [1.165, 1.54) is 25.3 Å². The number of aromatic nitrogens is 8. The van der Waals surface area contributed by atoms with Crippen LogP contribution < -0.4 is 10.6 Å².